The molecular weight excluding hydrogens is 230 g/mol. The van der Waals surface area contributed by atoms with Crippen LogP contribution in [0.2, 0.25) is 15.5 Å². The molecule has 0 spiro atoms. The third-order valence-electron chi connectivity index (χ3n) is 0.979. The lowest BCUT2D eigenvalue weighted by molar-refractivity contribution is 1.08. The van der Waals surface area contributed by atoms with Gasteiger partial charge in [-0.2, -0.15) is 0 Å². The highest BCUT2D eigenvalue weighted by Gasteiger charge is 2.08. The van der Waals surface area contributed by atoms with E-state index >= 15 is 0 Å². The highest BCUT2D eigenvalue weighted by atomic mass is 35.5. The predicted molar refractivity (Wildman–Crippen MR) is 46.6 cm³/mol. The molecule has 0 N–H and O–H groups in total. The Labute approximate surface area is 83.4 Å². The van der Waals surface area contributed by atoms with Gasteiger partial charge in [0.25, 0.3) is 0 Å². The van der Waals surface area contributed by atoms with Crippen molar-refractivity contribution in [3.05, 3.63) is 21.2 Å². The van der Waals surface area contributed by atoms with Crippen molar-refractivity contribution in [3.8, 4) is 0 Å². The molecule has 11 heavy (non-hydrogen) atoms. The third kappa shape index (κ3) is 2.09. The summed E-state index contributed by atoms with van der Waals surface area (Å²) in [6, 6.07) is 0. The van der Waals surface area contributed by atoms with Crippen molar-refractivity contribution in [2.45, 2.75) is 5.88 Å². The fourth-order valence-electron chi connectivity index (χ4n) is 0.523. The van der Waals surface area contributed by atoms with Crippen molar-refractivity contribution >= 4 is 46.4 Å². The van der Waals surface area contributed by atoms with Crippen LogP contribution in [-0.4, -0.2) is 9.97 Å². The normalized spacial score (nSPS) is 10.2. The Balaban J connectivity index is 3.24. The minimum absolute atomic E-state index is 0.0510. The Morgan fingerprint density at radius 2 is 1.73 bits per heavy atom. The molecule has 0 fully saturated rings. The minimum atomic E-state index is 0.0510. The summed E-state index contributed by atoms with van der Waals surface area (Å²) in [5.74, 6) is 0.167. The van der Waals surface area contributed by atoms with E-state index in [2.05, 4.69) is 9.97 Å². The molecule has 0 aliphatic heterocycles. The molecule has 1 rings (SSSR count). The van der Waals surface area contributed by atoms with E-state index in [4.69, 9.17) is 46.4 Å². The Bertz CT molecular complexity index is 275. The topological polar surface area (TPSA) is 25.8 Å². The number of nitrogens with zero attached hydrogens (tertiary/aromatic N) is 2. The van der Waals surface area contributed by atoms with Crippen LogP contribution < -0.4 is 0 Å². The van der Waals surface area contributed by atoms with E-state index in [0.717, 1.165) is 0 Å². The second-order valence-electron chi connectivity index (χ2n) is 1.68. The first-order chi connectivity index (χ1) is 5.15. The number of halogens is 4. The van der Waals surface area contributed by atoms with E-state index in [9.17, 15) is 0 Å². The minimum Gasteiger partial charge on any atom is -0.220 e. The highest BCUT2D eigenvalue weighted by Crippen LogP contribution is 2.24. The highest BCUT2D eigenvalue weighted by molar-refractivity contribution is 6.42. The van der Waals surface area contributed by atoms with Gasteiger partial charge in [-0.15, -0.1) is 11.6 Å². The Hall–Kier alpha value is 0.240. The molecule has 0 saturated carbocycles. The van der Waals surface area contributed by atoms with E-state index in [1.54, 1.807) is 0 Å². The van der Waals surface area contributed by atoms with Crippen molar-refractivity contribution in [2.75, 3.05) is 0 Å². The first-order valence-corrected chi connectivity index (χ1v) is 4.25. The summed E-state index contributed by atoms with van der Waals surface area (Å²) in [7, 11) is 0. The summed E-state index contributed by atoms with van der Waals surface area (Å²) in [5, 5.41) is 0.434. The third-order valence-corrected chi connectivity index (χ3v) is 2.17. The van der Waals surface area contributed by atoms with Gasteiger partial charge in [0.15, 0.2) is 5.15 Å². The largest absolute Gasteiger partial charge is 0.224 e. The van der Waals surface area contributed by atoms with Crippen LogP contribution in [0.1, 0.15) is 5.69 Å². The molecule has 0 unspecified atom stereocenters. The van der Waals surface area contributed by atoms with E-state index in [0.29, 0.717) is 5.69 Å². The molecule has 0 aliphatic rings. The van der Waals surface area contributed by atoms with Gasteiger partial charge in [0.1, 0.15) is 5.02 Å². The lowest BCUT2D eigenvalue weighted by Crippen LogP contribution is -1.91. The summed E-state index contributed by atoms with van der Waals surface area (Å²) in [5.41, 5.74) is 0.443. The molecule has 0 aliphatic carbocycles. The maximum Gasteiger partial charge on any atom is 0.224 e. The number of aromatic nitrogens is 2. The monoisotopic (exact) mass is 230 g/mol. The number of hydrogen-bond donors (Lipinski definition) is 0. The van der Waals surface area contributed by atoms with E-state index in [1.807, 2.05) is 0 Å². The van der Waals surface area contributed by atoms with Crippen LogP contribution in [-0.2, 0) is 5.88 Å². The zero-order valence-corrected chi connectivity index (χ0v) is 8.14. The molecule has 1 heterocycles. The maximum absolute atomic E-state index is 5.67. The van der Waals surface area contributed by atoms with Crippen LogP contribution in [0.5, 0.6) is 0 Å². The van der Waals surface area contributed by atoms with Crippen LogP contribution >= 0.6 is 46.4 Å². The average Bonchev–Trinajstić information content (AvgIpc) is 1.96. The predicted octanol–water partition coefficient (Wildman–Crippen LogP) is 3.18. The van der Waals surface area contributed by atoms with Gasteiger partial charge in [-0.1, -0.05) is 23.2 Å². The lowest BCUT2D eigenvalue weighted by Gasteiger charge is -1.99. The molecule has 0 aromatic carbocycles. The van der Waals surface area contributed by atoms with Crippen molar-refractivity contribution in [1.29, 1.82) is 0 Å². The van der Waals surface area contributed by atoms with Crippen molar-refractivity contribution in [3.63, 3.8) is 0 Å². The van der Waals surface area contributed by atoms with Gasteiger partial charge in [0, 0.05) is 0 Å². The molecule has 0 atom stereocenters. The van der Waals surface area contributed by atoms with Crippen molar-refractivity contribution < 1.29 is 0 Å². The smallest absolute Gasteiger partial charge is 0.220 e. The molecule has 1 aromatic heterocycles. The fourth-order valence-corrected chi connectivity index (χ4v) is 1.36. The Morgan fingerprint density at radius 1 is 1.09 bits per heavy atom. The van der Waals surface area contributed by atoms with E-state index < -0.39 is 0 Å². The molecule has 6 heteroatoms. The second kappa shape index (κ2) is 3.76. The van der Waals surface area contributed by atoms with Crippen LogP contribution in [0.4, 0.5) is 0 Å². The second-order valence-corrected chi connectivity index (χ2v) is 3.02. The SMILES string of the molecule is ClCc1nc(Cl)nc(Cl)c1Cl. The standard InChI is InChI=1S/C5H2Cl4N2/c6-1-2-3(7)4(8)11-5(9)10-2/h1H2. The number of alkyl halides is 1. The zero-order valence-electron chi connectivity index (χ0n) is 5.11. The van der Waals surface area contributed by atoms with Crippen molar-refractivity contribution in [1.82, 2.24) is 9.97 Å². The zero-order chi connectivity index (χ0) is 8.43. The molecule has 2 nitrogen and oxygen atoms in total. The van der Waals surface area contributed by atoms with Gasteiger partial charge in [-0.3, -0.25) is 0 Å². The lowest BCUT2D eigenvalue weighted by atomic mass is 10.4. The molecule has 0 saturated heterocycles. The quantitative estimate of drug-likeness (QED) is 0.422. The molecular formula is C5H2Cl4N2. The molecule has 60 valence electrons. The van der Waals surface area contributed by atoms with Gasteiger partial charge in [-0.25, -0.2) is 9.97 Å². The summed E-state index contributed by atoms with van der Waals surface area (Å²) >= 11 is 22.2. The first kappa shape index (κ1) is 9.33. The van der Waals surface area contributed by atoms with Crippen LogP contribution in [0.25, 0.3) is 0 Å². The summed E-state index contributed by atoms with van der Waals surface area (Å²) in [6.07, 6.45) is 0. The van der Waals surface area contributed by atoms with Gasteiger partial charge >= 0.3 is 0 Å². The summed E-state index contributed by atoms with van der Waals surface area (Å²) in [6.45, 7) is 0. The van der Waals surface area contributed by atoms with Crippen molar-refractivity contribution in [2.24, 2.45) is 0 Å². The Morgan fingerprint density at radius 3 is 2.27 bits per heavy atom. The molecule has 1 aromatic rings. The molecule has 0 amide bonds. The fraction of sp³-hybridized carbons (Fsp3) is 0.200. The summed E-state index contributed by atoms with van der Waals surface area (Å²) < 4.78 is 0. The summed E-state index contributed by atoms with van der Waals surface area (Å²) in [4.78, 5) is 7.37. The van der Waals surface area contributed by atoms with Crippen LogP contribution in [0.15, 0.2) is 0 Å². The van der Waals surface area contributed by atoms with E-state index in [-0.39, 0.29) is 21.3 Å². The Kier molecular flexibility index (Phi) is 3.19. The maximum atomic E-state index is 5.67. The number of hydrogen-bond acceptors (Lipinski definition) is 2. The number of rotatable bonds is 1. The van der Waals surface area contributed by atoms with Crippen LogP contribution in [0, 0.1) is 0 Å². The van der Waals surface area contributed by atoms with Gasteiger partial charge in [-0.05, 0) is 11.6 Å². The van der Waals surface area contributed by atoms with Gasteiger partial charge < -0.3 is 0 Å². The van der Waals surface area contributed by atoms with E-state index in [1.165, 1.54) is 0 Å². The van der Waals surface area contributed by atoms with Gasteiger partial charge in [0.05, 0.1) is 11.6 Å². The van der Waals surface area contributed by atoms with Crippen LogP contribution in [0.3, 0.4) is 0 Å². The molecule has 0 bridgehead atoms. The first-order valence-electron chi connectivity index (χ1n) is 2.58. The molecule has 0 radical (unpaired) electrons. The average molecular weight is 232 g/mol. The van der Waals surface area contributed by atoms with Gasteiger partial charge in [0.2, 0.25) is 5.28 Å².